The summed E-state index contributed by atoms with van der Waals surface area (Å²) in [5.74, 6) is -0.282. The molecular weight excluding hydrogens is 1880 g/mol. The molecular formula is C107H156O33P2. The summed E-state index contributed by atoms with van der Waals surface area (Å²) in [6.45, 7) is 15.3. The van der Waals surface area contributed by atoms with Gasteiger partial charge in [-0.15, -0.1) is 0 Å². The van der Waals surface area contributed by atoms with E-state index < -0.39 is 64.5 Å². The van der Waals surface area contributed by atoms with Crippen molar-refractivity contribution < 1.29 is 158 Å². The first-order valence-electron chi connectivity index (χ1n) is 51.8. The summed E-state index contributed by atoms with van der Waals surface area (Å²) in [6, 6.07) is 23.0. The number of phosphoric ester groups is 2. The molecule has 33 nitrogen and oxygen atoms in total. The van der Waals surface area contributed by atoms with Crippen LogP contribution < -0.4 is 18.9 Å². The normalized spacial score (nSPS) is 23.8. The molecule has 20 atom stereocenters. The van der Waals surface area contributed by atoms with E-state index in [0.717, 1.165) is 220 Å². The number of carbonyl (C=O) groups excluding carboxylic acids is 6. The highest BCUT2D eigenvalue weighted by atomic mass is 31.2. The molecule has 4 fully saturated rings. The Morgan fingerprint density at radius 1 is 0.338 bits per heavy atom. The summed E-state index contributed by atoms with van der Waals surface area (Å²) >= 11 is 0. The van der Waals surface area contributed by atoms with Gasteiger partial charge in [0.25, 0.3) is 0 Å². The van der Waals surface area contributed by atoms with Gasteiger partial charge in [-0.25, -0.2) is 33.1 Å². The Kier molecular flexibility index (Phi) is 47.7. The van der Waals surface area contributed by atoms with Gasteiger partial charge >= 0.3 is 75.5 Å². The fraction of sp³-hybridized carbons (Fsp3) is 0.682. The van der Waals surface area contributed by atoms with Crippen LogP contribution in [-0.2, 0) is 146 Å². The fourth-order valence-electron chi connectivity index (χ4n) is 23.5. The maximum absolute atomic E-state index is 12.3. The van der Waals surface area contributed by atoms with Crippen molar-refractivity contribution in [3.8, 4) is 23.0 Å². The van der Waals surface area contributed by atoms with Gasteiger partial charge in [0.15, 0.2) is 26.4 Å². The number of aliphatic carboxylic acids is 4. The van der Waals surface area contributed by atoms with Gasteiger partial charge in [-0.1, -0.05) is 155 Å². The predicted octanol–water partition coefficient (Wildman–Crippen LogP) is 19.4. The molecule has 0 aliphatic heterocycles. The number of carboxylic acids is 4. The average molecular weight is 2030 g/mol. The number of esters is 5. The van der Waals surface area contributed by atoms with Crippen LogP contribution in [0.4, 0.5) is 4.79 Å². The van der Waals surface area contributed by atoms with E-state index >= 15 is 0 Å². The molecule has 0 spiro atoms. The van der Waals surface area contributed by atoms with Gasteiger partial charge in [0, 0.05) is 33.1 Å². The summed E-state index contributed by atoms with van der Waals surface area (Å²) in [4.78, 5) is 154. The average Bonchev–Trinajstić information content (AvgIpc) is 1.64. The van der Waals surface area contributed by atoms with Crippen LogP contribution in [0.25, 0.3) is 0 Å². The number of benzene rings is 4. The summed E-state index contributed by atoms with van der Waals surface area (Å²) < 4.78 is 95.1. The smallest absolute Gasteiger partial charge is 0.482 e. The quantitative estimate of drug-likeness (QED) is 0.00881. The Labute approximate surface area is 835 Å². The van der Waals surface area contributed by atoms with E-state index in [9.17, 15) is 76.6 Å². The topological polar surface area (TPSA) is 487 Å². The Balaban J connectivity index is 0.000000211. The lowest BCUT2D eigenvalue weighted by Crippen LogP contribution is -2.30. The molecule has 0 amide bonds. The van der Waals surface area contributed by atoms with Gasteiger partial charge in [-0.3, -0.25) is 33.0 Å². The van der Waals surface area contributed by atoms with Crippen LogP contribution >= 0.6 is 15.6 Å². The van der Waals surface area contributed by atoms with Crippen LogP contribution in [-0.4, -0.2) is 182 Å². The zero-order valence-corrected chi connectivity index (χ0v) is 86.3. The molecule has 8 N–H and O–H groups in total. The van der Waals surface area contributed by atoms with E-state index in [1.54, 1.807) is 19.1 Å². The van der Waals surface area contributed by atoms with Gasteiger partial charge in [-0.2, -0.15) is 0 Å². The van der Waals surface area contributed by atoms with Crippen LogP contribution in [0.15, 0.2) is 72.8 Å². The second-order valence-electron chi connectivity index (χ2n) is 39.7. The van der Waals surface area contributed by atoms with Gasteiger partial charge in [0.1, 0.15) is 59.6 Å². The van der Waals surface area contributed by atoms with Gasteiger partial charge in [0.05, 0.1) is 19.3 Å². The molecule has 792 valence electrons. The van der Waals surface area contributed by atoms with E-state index in [2.05, 4.69) is 39.0 Å². The molecule has 0 saturated heterocycles. The lowest BCUT2D eigenvalue weighted by Gasteiger charge is -2.33. The number of phosphoric acid groups is 2. The third kappa shape index (κ3) is 36.8. The number of fused-ring (bicyclic) bond motifs is 8. The Morgan fingerprint density at radius 3 is 0.908 bits per heavy atom. The van der Waals surface area contributed by atoms with E-state index in [1.165, 1.54) is 32.1 Å². The molecule has 4 saturated carbocycles. The van der Waals surface area contributed by atoms with Gasteiger partial charge in [0.2, 0.25) is 0 Å². The molecule has 0 radical (unpaired) electrons. The lowest BCUT2D eigenvalue weighted by atomic mass is 9.73. The van der Waals surface area contributed by atoms with E-state index in [0.29, 0.717) is 123 Å². The molecule has 8 aliphatic rings. The highest BCUT2D eigenvalue weighted by molar-refractivity contribution is 7.46. The first-order chi connectivity index (χ1) is 67.8. The molecule has 0 unspecified atom stereocenters. The number of carboxylic acid groups (broad SMARTS) is 4. The number of unbranched alkanes of at least 4 members (excludes halogenated alkanes) is 8. The number of carbonyl (C=O) groups is 10. The standard InChI is InChI=1S/C29H42O7.C28H40O8.C27H38O7.C23H36O11P2/c1-4-7-8-11-21(35-28(32)5-2)13-14-22-23-15-19-10-9-12-25(34-18-27(30)31)24(19)16-20(23)17-26(22)36-29(33)6-3;1-4-6-7-10-20(35-28(32)33-3)12-13-21-22-14-18-9-8-11-24(34-17-26(29)30)23(18)15-19(22)16-25(21)36-27(31)5-2;1-4-5-6-9-21(33-17(2)28)11-12-22-23-13-19-8-7-10-25(32-16-27(30)31)24(19)14-20(23)15-26(22)34-18(3)29;1-2-3-4-7-17(33-35(26,27)28)9-10-18-19-11-15-6-5-8-21(32-14-23(24)25)20(15)12-16(19)13-22(18)34-36(29,30)31/h9-10,12,20-23,26H,4-8,11,13-18H2,1-3H3,(H,30,31);8-9,11,19-22,25H,4-7,10,12-17H2,1-3H3,(H,29,30);7-8,10,20-23,26H,4-6,9,11-16H2,1-3H3,(H,30,31);5-6,8,16-19,22H,2-4,7,9-14H2,1H3,(H,24,25)(H2,26,27,28)(H2,29,30,31)/t20-,21-,22+,23-,26+;19-,20-,21+,22-,25+;20-,21-,22+,23-,26+;16-,17-,18+,19-,22+/m0000/s1. The lowest BCUT2D eigenvalue weighted by molar-refractivity contribution is -0.152. The largest absolute Gasteiger partial charge is 0.508 e. The molecule has 4 aromatic rings. The van der Waals surface area contributed by atoms with Crippen LogP contribution in [0, 0.1) is 71.0 Å². The van der Waals surface area contributed by atoms with Crippen LogP contribution in [0.5, 0.6) is 23.0 Å². The van der Waals surface area contributed by atoms with E-state index in [1.807, 2.05) is 63.2 Å². The zero-order chi connectivity index (χ0) is 103. The van der Waals surface area contributed by atoms with Crippen molar-refractivity contribution in [3.63, 3.8) is 0 Å². The summed E-state index contributed by atoms with van der Waals surface area (Å²) in [7, 11) is -8.12. The first kappa shape index (κ1) is 116. The van der Waals surface area contributed by atoms with Crippen LogP contribution in [0.2, 0.25) is 0 Å². The summed E-state index contributed by atoms with van der Waals surface area (Å²) in [5, 5.41) is 36.1. The summed E-state index contributed by atoms with van der Waals surface area (Å²) in [6.07, 6.45) is 27.7. The van der Waals surface area contributed by atoms with Crippen molar-refractivity contribution in [2.24, 2.45) is 71.0 Å². The maximum Gasteiger partial charge on any atom is 0.508 e. The van der Waals surface area contributed by atoms with Crippen molar-refractivity contribution in [2.75, 3.05) is 33.5 Å². The zero-order valence-electron chi connectivity index (χ0n) is 84.6. The number of hydrogen-bond acceptors (Lipinski definition) is 25. The highest BCUT2D eigenvalue weighted by Gasteiger charge is 2.53. The van der Waals surface area contributed by atoms with Gasteiger partial charge < -0.3 is 92.1 Å². The van der Waals surface area contributed by atoms with Crippen molar-refractivity contribution in [1.29, 1.82) is 0 Å². The maximum atomic E-state index is 12.3. The van der Waals surface area contributed by atoms with Gasteiger partial charge in [-0.05, 0) is 313 Å². The minimum Gasteiger partial charge on any atom is -0.482 e. The fourth-order valence-corrected chi connectivity index (χ4v) is 24.7. The van der Waals surface area contributed by atoms with Crippen molar-refractivity contribution >= 4 is 75.5 Å². The van der Waals surface area contributed by atoms with Crippen LogP contribution in [0.3, 0.4) is 0 Å². The predicted molar refractivity (Wildman–Crippen MR) is 525 cm³/mol. The minimum absolute atomic E-state index is 0.0369. The molecule has 35 heteroatoms. The Hall–Kier alpha value is -9.20. The van der Waals surface area contributed by atoms with Crippen molar-refractivity contribution in [1.82, 2.24) is 0 Å². The Bertz CT molecular complexity index is 4690. The minimum atomic E-state index is -4.76. The van der Waals surface area contributed by atoms with Crippen LogP contribution in [0.1, 0.15) is 306 Å². The van der Waals surface area contributed by atoms with E-state index in [4.69, 9.17) is 81.6 Å². The third-order valence-corrected chi connectivity index (χ3v) is 31.0. The van der Waals surface area contributed by atoms with Crippen molar-refractivity contribution in [3.05, 3.63) is 117 Å². The second-order valence-corrected chi connectivity index (χ2v) is 42.1. The summed E-state index contributed by atoms with van der Waals surface area (Å²) in [5.41, 5.74) is 8.63. The highest BCUT2D eigenvalue weighted by Crippen LogP contribution is 2.57. The number of hydrogen-bond donors (Lipinski definition) is 8. The molecule has 8 aliphatic carbocycles. The number of ether oxygens (including phenoxy) is 11. The van der Waals surface area contributed by atoms with E-state index in [-0.39, 0.29) is 122 Å². The molecule has 0 heterocycles. The molecule has 0 bridgehead atoms. The molecule has 12 rings (SSSR count). The molecule has 0 aromatic heterocycles. The monoisotopic (exact) mass is 2030 g/mol. The second kappa shape index (κ2) is 58.2. The number of methoxy groups -OCH3 is 1. The molecule has 4 aromatic carbocycles. The third-order valence-electron chi connectivity index (χ3n) is 29.9. The SMILES string of the molecule is CCCCC[C@@H](CC[C@@H]1[C@H]2Cc3cccc(OCC(=O)O)c3C[C@H]2C[C@H]1OC(=O)CC)OC(=O)CC.CCCCC[C@@H](CC[C@@H]1[C@H]2Cc3cccc(OCC(=O)O)c3C[C@H]2C[C@H]1OC(=O)CC)OC(=O)OC.CCCCC[C@@H](CC[C@@H]1[C@H]2Cc3cccc(OCC(=O)O)c3C[C@H]2C[C@H]1OC(C)=O)OC(C)=O.CCCCC[C@@H](CC[C@@H]1[C@H]2Cc3cccc(OCC(=O)O)c3C[C@H]2C[C@H]1OP(=O)(O)O)OP(=O)(O)O. The first-order valence-corrected chi connectivity index (χ1v) is 54.9. The number of rotatable bonds is 53. The van der Waals surface area contributed by atoms with Crippen molar-refractivity contribution in [2.45, 2.75) is 362 Å². The Morgan fingerprint density at radius 2 is 0.627 bits per heavy atom. The molecule has 142 heavy (non-hydrogen) atoms.